The van der Waals surface area contributed by atoms with E-state index < -0.39 is 17.4 Å². The van der Waals surface area contributed by atoms with Crippen LogP contribution in [0.3, 0.4) is 0 Å². The van der Waals surface area contributed by atoms with Crippen LogP contribution in [0.2, 0.25) is 0 Å². The topological polar surface area (TPSA) is 52.6 Å². The average Bonchev–Trinajstić information content (AvgIpc) is 3.48. The van der Waals surface area contributed by atoms with Crippen molar-refractivity contribution in [1.82, 2.24) is 0 Å². The van der Waals surface area contributed by atoms with E-state index >= 15 is 0 Å². The Morgan fingerprint density at radius 1 is 1.09 bits per heavy atom. The van der Waals surface area contributed by atoms with Crippen LogP contribution in [0.25, 0.3) is 15.5 Å². The Balaban J connectivity index is 1.82. The number of hydrogen-bond donors (Lipinski definition) is 0. The highest BCUT2D eigenvalue weighted by atomic mass is 32.2. The molecule has 0 atom stereocenters. The minimum Gasteiger partial charge on any atom is -0.426 e. The van der Waals surface area contributed by atoms with Gasteiger partial charge < -0.3 is 9.47 Å². The maximum Gasteiger partial charge on any atom is 0.348 e. The van der Waals surface area contributed by atoms with Gasteiger partial charge in [-0.2, -0.15) is 11.8 Å². The molecular weight excluding hydrogens is 472 g/mol. The van der Waals surface area contributed by atoms with Gasteiger partial charge in [0, 0.05) is 25.8 Å². The first-order valence-corrected chi connectivity index (χ1v) is 13.9. The lowest BCUT2D eigenvalue weighted by Crippen LogP contribution is -2.17. The van der Waals surface area contributed by atoms with E-state index in [4.69, 9.17) is 9.47 Å². The van der Waals surface area contributed by atoms with Crippen LogP contribution in [0, 0.1) is 11.3 Å². The van der Waals surface area contributed by atoms with E-state index in [-0.39, 0.29) is 11.1 Å². The zero-order valence-corrected chi connectivity index (χ0v) is 22.0. The summed E-state index contributed by atoms with van der Waals surface area (Å²) in [5.41, 5.74) is 1.20. The Kier molecular flexibility index (Phi) is 6.76. The molecule has 0 aliphatic carbocycles. The van der Waals surface area contributed by atoms with Crippen molar-refractivity contribution in [2.45, 2.75) is 46.3 Å². The summed E-state index contributed by atoms with van der Waals surface area (Å²) >= 11 is 5.18. The number of fused-ring (bicyclic) bond motifs is 1. The monoisotopic (exact) mass is 500 g/mol. The third-order valence-corrected chi connectivity index (χ3v) is 8.83. The highest BCUT2D eigenvalue weighted by molar-refractivity contribution is 7.97. The Bertz CT molecular complexity index is 1190. The molecule has 174 valence electrons. The molecule has 0 N–H and O–H groups in total. The molecule has 2 aromatic rings. The fourth-order valence-electron chi connectivity index (χ4n) is 4.17. The number of carbonyl (C=O) groups excluding carboxylic acids is 2. The Morgan fingerprint density at radius 2 is 1.82 bits per heavy atom. The number of ether oxygens (including phenoxy) is 2. The first-order chi connectivity index (χ1) is 15.7. The fourth-order valence-corrected chi connectivity index (χ4v) is 7.27. The summed E-state index contributed by atoms with van der Waals surface area (Å²) in [6.07, 6.45) is 5.35. The van der Waals surface area contributed by atoms with Gasteiger partial charge in [0.05, 0.1) is 4.88 Å². The molecule has 0 aromatic carbocycles. The molecule has 0 amide bonds. The number of thiophene rings is 2. The summed E-state index contributed by atoms with van der Waals surface area (Å²) in [6, 6.07) is 6.42. The van der Waals surface area contributed by atoms with Crippen LogP contribution in [-0.4, -0.2) is 18.2 Å². The van der Waals surface area contributed by atoms with Crippen molar-refractivity contribution in [3.8, 4) is 9.75 Å². The van der Waals surface area contributed by atoms with Crippen LogP contribution in [0.1, 0.15) is 49.4 Å². The van der Waals surface area contributed by atoms with Crippen molar-refractivity contribution >= 4 is 52.1 Å². The van der Waals surface area contributed by atoms with Crippen LogP contribution >= 0.6 is 34.4 Å². The Hall–Kier alpha value is -2.09. The standard InChI is InChI=1S/C26H28O4S3/c1-7-10-26(4,5)23-20-19(24(27)30-23)21(29-25(20)28)18-12-15(11-14(2)3)22(33-18)17-9-8-16(32-17)13-31-6/h7-9,12,14H,1,10-11,13H2,2-6H3. The van der Waals surface area contributed by atoms with E-state index in [1.165, 1.54) is 20.2 Å². The van der Waals surface area contributed by atoms with E-state index in [2.05, 4.69) is 44.9 Å². The first-order valence-electron chi connectivity index (χ1n) is 10.9. The quantitative estimate of drug-likeness (QED) is 0.269. The normalized spacial score (nSPS) is 16.1. The summed E-state index contributed by atoms with van der Waals surface area (Å²) < 4.78 is 11.3. The molecule has 2 aromatic heterocycles. The maximum absolute atomic E-state index is 12.9. The minimum atomic E-state index is -0.531. The van der Waals surface area contributed by atoms with Crippen LogP contribution in [0.4, 0.5) is 0 Å². The van der Waals surface area contributed by atoms with Gasteiger partial charge in [-0.3, -0.25) is 0 Å². The number of carbonyl (C=O) groups is 2. The molecule has 0 radical (unpaired) electrons. The lowest BCUT2D eigenvalue weighted by molar-refractivity contribution is -0.134. The largest absolute Gasteiger partial charge is 0.426 e. The van der Waals surface area contributed by atoms with E-state index in [0.29, 0.717) is 23.9 Å². The van der Waals surface area contributed by atoms with Gasteiger partial charge in [0.1, 0.15) is 16.9 Å². The van der Waals surface area contributed by atoms with E-state index in [1.807, 2.05) is 13.8 Å². The average molecular weight is 501 g/mol. The summed E-state index contributed by atoms with van der Waals surface area (Å²) in [7, 11) is 0. The van der Waals surface area contributed by atoms with E-state index in [0.717, 1.165) is 17.1 Å². The second-order valence-corrected chi connectivity index (χ2v) is 12.4. The van der Waals surface area contributed by atoms with Crippen LogP contribution in [0.5, 0.6) is 0 Å². The van der Waals surface area contributed by atoms with Crippen molar-refractivity contribution in [2.75, 3.05) is 6.26 Å². The maximum atomic E-state index is 12.9. The molecule has 0 saturated heterocycles. The van der Waals surface area contributed by atoms with Crippen LogP contribution in [-0.2, 0) is 31.2 Å². The Labute approximate surface area is 207 Å². The van der Waals surface area contributed by atoms with E-state index in [1.54, 1.807) is 40.5 Å². The molecular formula is C26H28O4S3. The molecule has 0 spiro atoms. The molecule has 0 saturated carbocycles. The molecule has 2 aliphatic rings. The van der Waals surface area contributed by atoms with Gasteiger partial charge in [0.15, 0.2) is 5.76 Å². The highest BCUT2D eigenvalue weighted by Gasteiger charge is 2.48. The SMILES string of the molecule is C=CCC(C)(C)C1=C2C(=O)OC(c3cc(CC(C)C)c(-c4ccc(CSC)s4)s3)=C2C(=O)O1. The Morgan fingerprint density at radius 3 is 2.48 bits per heavy atom. The van der Waals surface area contributed by atoms with Gasteiger partial charge in [0.25, 0.3) is 0 Å². The summed E-state index contributed by atoms with van der Waals surface area (Å²) in [5, 5.41) is 0. The van der Waals surface area contributed by atoms with Crippen molar-refractivity contribution < 1.29 is 19.1 Å². The summed E-state index contributed by atoms with van der Waals surface area (Å²) in [5.74, 6) is 1.12. The molecule has 4 heterocycles. The van der Waals surface area contributed by atoms with Crippen LogP contribution in [0.15, 0.2) is 47.8 Å². The lowest BCUT2D eigenvalue weighted by atomic mass is 9.84. The number of hydrogen-bond acceptors (Lipinski definition) is 7. The predicted molar refractivity (Wildman–Crippen MR) is 138 cm³/mol. The van der Waals surface area contributed by atoms with Gasteiger partial charge in [-0.25, -0.2) is 9.59 Å². The van der Waals surface area contributed by atoms with E-state index in [9.17, 15) is 9.59 Å². The smallest absolute Gasteiger partial charge is 0.348 e. The van der Waals surface area contributed by atoms with Crippen molar-refractivity contribution in [3.63, 3.8) is 0 Å². The predicted octanol–water partition coefficient (Wildman–Crippen LogP) is 7.22. The lowest BCUT2D eigenvalue weighted by Gasteiger charge is -2.23. The highest BCUT2D eigenvalue weighted by Crippen LogP contribution is 2.49. The minimum absolute atomic E-state index is 0.255. The second kappa shape index (κ2) is 9.28. The van der Waals surface area contributed by atoms with Gasteiger partial charge in [0.2, 0.25) is 0 Å². The van der Waals surface area contributed by atoms with Crippen molar-refractivity contribution in [3.05, 3.63) is 63.1 Å². The first kappa shape index (κ1) is 24.0. The molecule has 7 heteroatoms. The number of allylic oxidation sites excluding steroid dienone is 2. The second-order valence-electron chi connectivity index (χ2n) is 9.33. The molecule has 0 bridgehead atoms. The summed E-state index contributed by atoms with van der Waals surface area (Å²) in [6.45, 7) is 12.0. The molecule has 33 heavy (non-hydrogen) atoms. The van der Waals surface area contributed by atoms with Crippen LogP contribution < -0.4 is 0 Å². The van der Waals surface area contributed by atoms with Crippen molar-refractivity contribution in [2.24, 2.45) is 11.3 Å². The molecule has 0 unspecified atom stereocenters. The third-order valence-electron chi connectivity index (χ3n) is 5.60. The zero-order chi connectivity index (χ0) is 23.9. The molecule has 4 rings (SSSR count). The number of esters is 2. The number of rotatable bonds is 9. The van der Waals surface area contributed by atoms with Gasteiger partial charge >= 0.3 is 11.9 Å². The fraction of sp³-hybridized carbons (Fsp3) is 0.385. The summed E-state index contributed by atoms with van der Waals surface area (Å²) in [4.78, 5) is 30.3. The number of cyclic esters (lactones) is 2. The number of thioether (sulfide) groups is 1. The van der Waals surface area contributed by atoms with Crippen molar-refractivity contribution in [1.29, 1.82) is 0 Å². The molecule has 2 aliphatic heterocycles. The third kappa shape index (κ3) is 4.51. The van der Waals surface area contributed by atoms with Gasteiger partial charge in [-0.1, -0.05) is 33.8 Å². The molecule has 0 fully saturated rings. The van der Waals surface area contributed by atoms with Gasteiger partial charge in [-0.15, -0.1) is 29.3 Å². The zero-order valence-electron chi connectivity index (χ0n) is 19.6. The van der Waals surface area contributed by atoms with Gasteiger partial charge in [-0.05, 0) is 48.8 Å². The molecule has 4 nitrogen and oxygen atoms in total.